The van der Waals surface area contributed by atoms with Crippen molar-refractivity contribution in [2.24, 2.45) is 5.73 Å². The van der Waals surface area contributed by atoms with E-state index in [0.29, 0.717) is 12.3 Å². The molecule has 114 valence electrons. The lowest BCUT2D eigenvalue weighted by Crippen LogP contribution is -2.09. The van der Waals surface area contributed by atoms with Crippen LogP contribution in [-0.2, 0) is 6.42 Å². The van der Waals surface area contributed by atoms with E-state index >= 15 is 0 Å². The highest BCUT2D eigenvalue weighted by atomic mass is 16.3. The van der Waals surface area contributed by atoms with Crippen molar-refractivity contribution in [3.05, 3.63) is 72.1 Å². The number of rotatable bonds is 3. The molecule has 2 aromatic carbocycles. The van der Waals surface area contributed by atoms with E-state index in [4.69, 9.17) is 10.2 Å². The molecule has 2 heterocycles. The number of furan rings is 1. The van der Waals surface area contributed by atoms with Gasteiger partial charge in [0.1, 0.15) is 5.58 Å². The molecule has 23 heavy (non-hydrogen) atoms. The topological polar surface area (TPSA) is 61.2 Å². The van der Waals surface area contributed by atoms with E-state index in [2.05, 4.69) is 0 Å². The number of aromatic nitrogens is 1. The van der Waals surface area contributed by atoms with Crippen molar-refractivity contribution in [1.29, 1.82) is 0 Å². The maximum Gasteiger partial charge on any atom is 0.298 e. The van der Waals surface area contributed by atoms with E-state index < -0.39 is 0 Å². The summed E-state index contributed by atoms with van der Waals surface area (Å²) >= 11 is 0. The van der Waals surface area contributed by atoms with Gasteiger partial charge in [0, 0.05) is 17.0 Å². The third-order valence-corrected chi connectivity index (χ3v) is 4.06. The highest BCUT2D eigenvalue weighted by Gasteiger charge is 2.18. The molecule has 0 atom stereocenters. The minimum absolute atomic E-state index is 0.166. The van der Waals surface area contributed by atoms with Crippen LogP contribution in [0.4, 0.5) is 0 Å². The lowest BCUT2D eigenvalue weighted by Gasteiger charge is -2.00. The first kappa shape index (κ1) is 13.8. The number of benzene rings is 2. The third kappa shape index (κ3) is 2.24. The van der Waals surface area contributed by atoms with Gasteiger partial charge in [-0.2, -0.15) is 0 Å². The Hall–Kier alpha value is -2.85. The van der Waals surface area contributed by atoms with Crippen LogP contribution in [0, 0.1) is 0 Å². The zero-order chi connectivity index (χ0) is 15.8. The van der Waals surface area contributed by atoms with Gasteiger partial charge in [-0.3, -0.25) is 9.36 Å². The smallest absolute Gasteiger partial charge is 0.298 e. The fourth-order valence-electron chi connectivity index (χ4n) is 2.98. The molecule has 0 saturated carbocycles. The molecule has 0 bridgehead atoms. The standard InChI is InChI=1S/C19H16N2O2/c20-10-9-14-12-21(16-7-3-2-6-15(14)16)19(22)18-11-13-5-1-4-8-17(13)23-18/h1-8,11-12H,9-10,20H2. The molecule has 0 unspecified atom stereocenters. The summed E-state index contributed by atoms with van der Waals surface area (Å²) in [6.45, 7) is 0.548. The summed E-state index contributed by atoms with van der Waals surface area (Å²) in [5.74, 6) is 0.173. The fourth-order valence-corrected chi connectivity index (χ4v) is 2.98. The second-order valence-corrected chi connectivity index (χ2v) is 5.53. The Morgan fingerprint density at radius 1 is 1.09 bits per heavy atom. The SMILES string of the molecule is NCCc1cn(C(=O)c2cc3ccccc3o2)c2ccccc12. The molecule has 0 saturated heterocycles. The van der Waals surface area contributed by atoms with Crippen molar-refractivity contribution in [3.63, 3.8) is 0 Å². The minimum atomic E-state index is -0.166. The number of hydrogen-bond donors (Lipinski definition) is 1. The van der Waals surface area contributed by atoms with Crippen LogP contribution in [0.2, 0.25) is 0 Å². The van der Waals surface area contributed by atoms with Crippen LogP contribution in [0.25, 0.3) is 21.9 Å². The van der Waals surface area contributed by atoms with Gasteiger partial charge in [-0.25, -0.2) is 0 Å². The summed E-state index contributed by atoms with van der Waals surface area (Å²) in [5, 5.41) is 1.98. The first-order chi connectivity index (χ1) is 11.3. The van der Waals surface area contributed by atoms with Gasteiger partial charge in [0.2, 0.25) is 0 Å². The Kier molecular flexibility index (Phi) is 3.24. The second kappa shape index (κ2) is 5.41. The minimum Gasteiger partial charge on any atom is -0.451 e. The van der Waals surface area contributed by atoms with Crippen LogP contribution >= 0.6 is 0 Å². The normalized spacial score (nSPS) is 11.3. The highest BCUT2D eigenvalue weighted by molar-refractivity contribution is 6.03. The van der Waals surface area contributed by atoms with E-state index in [0.717, 1.165) is 33.9 Å². The number of carbonyl (C=O) groups is 1. The van der Waals surface area contributed by atoms with Gasteiger partial charge in [-0.15, -0.1) is 0 Å². The number of fused-ring (bicyclic) bond motifs is 2. The first-order valence-corrected chi connectivity index (χ1v) is 7.60. The zero-order valence-electron chi connectivity index (χ0n) is 12.5. The van der Waals surface area contributed by atoms with Gasteiger partial charge in [-0.1, -0.05) is 36.4 Å². The van der Waals surface area contributed by atoms with E-state index in [1.54, 1.807) is 10.6 Å². The quantitative estimate of drug-likeness (QED) is 0.629. The summed E-state index contributed by atoms with van der Waals surface area (Å²) in [5.41, 5.74) is 8.36. The van der Waals surface area contributed by atoms with Gasteiger partial charge in [-0.05, 0) is 36.7 Å². The fraction of sp³-hybridized carbons (Fsp3) is 0.105. The van der Waals surface area contributed by atoms with Gasteiger partial charge in [0.25, 0.3) is 5.91 Å². The molecule has 4 rings (SSSR count). The maximum absolute atomic E-state index is 12.9. The average molecular weight is 304 g/mol. The predicted molar refractivity (Wildman–Crippen MR) is 90.6 cm³/mol. The third-order valence-electron chi connectivity index (χ3n) is 4.06. The molecule has 4 nitrogen and oxygen atoms in total. The number of carbonyl (C=O) groups excluding carboxylic acids is 1. The zero-order valence-corrected chi connectivity index (χ0v) is 12.5. The van der Waals surface area contributed by atoms with Crippen LogP contribution < -0.4 is 5.73 Å². The Morgan fingerprint density at radius 3 is 2.70 bits per heavy atom. The molecule has 2 aromatic heterocycles. The molecule has 0 aliphatic rings. The van der Waals surface area contributed by atoms with Crippen LogP contribution in [0.15, 0.2) is 65.2 Å². The molecule has 0 spiro atoms. The van der Waals surface area contributed by atoms with Crippen LogP contribution in [0.1, 0.15) is 16.1 Å². The van der Waals surface area contributed by atoms with Gasteiger partial charge in [0.15, 0.2) is 5.76 Å². The van der Waals surface area contributed by atoms with Crippen molar-refractivity contribution in [2.75, 3.05) is 6.54 Å². The molecule has 4 heteroatoms. The number of nitrogens with zero attached hydrogens (tertiary/aromatic N) is 1. The molecule has 2 N–H and O–H groups in total. The monoisotopic (exact) mass is 304 g/mol. The van der Waals surface area contributed by atoms with E-state index in [1.807, 2.05) is 54.7 Å². The van der Waals surface area contributed by atoms with Gasteiger partial charge in [0.05, 0.1) is 5.52 Å². The summed E-state index contributed by atoms with van der Waals surface area (Å²) in [4.78, 5) is 12.9. The van der Waals surface area contributed by atoms with Gasteiger partial charge < -0.3 is 10.2 Å². The molecule has 4 aromatic rings. The largest absolute Gasteiger partial charge is 0.451 e. The molecule has 0 radical (unpaired) electrons. The van der Waals surface area contributed by atoms with Crippen molar-refractivity contribution in [1.82, 2.24) is 4.57 Å². The molecule has 0 aliphatic carbocycles. The van der Waals surface area contributed by atoms with Gasteiger partial charge >= 0.3 is 0 Å². The first-order valence-electron chi connectivity index (χ1n) is 7.60. The number of hydrogen-bond acceptors (Lipinski definition) is 3. The van der Waals surface area contributed by atoms with E-state index in [1.165, 1.54) is 0 Å². The second-order valence-electron chi connectivity index (χ2n) is 5.53. The predicted octanol–water partition coefficient (Wildman–Crippen LogP) is 3.58. The van der Waals surface area contributed by atoms with E-state index in [-0.39, 0.29) is 5.91 Å². The van der Waals surface area contributed by atoms with Crippen molar-refractivity contribution in [2.45, 2.75) is 6.42 Å². The summed E-state index contributed by atoms with van der Waals surface area (Å²) in [6, 6.07) is 17.3. The molecular weight excluding hydrogens is 288 g/mol. The van der Waals surface area contributed by atoms with Crippen LogP contribution in [0.5, 0.6) is 0 Å². The summed E-state index contributed by atoms with van der Waals surface area (Å²) < 4.78 is 7.36. The van der Waals surface area contributed by atoms with Crippen LogP contribution in [0.3, 0.4) is 0 Å². The molecule has 0 amide bonds. The highest BCUT2D eigenvalue weighted by Crippen LogP contribution is 2.25. The van der Waals surface area contributed by atoms with Crippen molar-refractivity contribution < 1.29 is 9.21 Å². The summed E-state index contributed by atoms with van der Waals surface area (Å²) in [7, 11) is 0. The summed E-state index contributed by atoms with van der Waals surface area (Å²) in [6.07, 6.45) is 2.61. The average Bonchev–Trinajstić information content (AvgIpc) is 3.17. The molecule has 0 fully saturated rings. The maximum atomic E-state index is 12.9. The Morgan fingerprint density at radius 2 is 1.87 bits per heavy atom. The van der Waals surface area contributed by atoms with Crippen molar-refractivity contribution in [3.8, 4) is 0 Å². The van der Waals surface area contributed by atoms with Crippen LogP contribution in [-0.4, -0.2) is 17.0 Å². The lowest BCUT2D eigenvalue weighted by atomic mass is 10.1. The molecular formula is C19H16N2O2. The Bertz CT molecular complexity index is 977. The van der Waals surface area contributed by atoms with Crippen molar-refractivity contribution >= 4 is 27.8 Å². The number of para-hydroxylation sites is 2. The number of nitrogens with two attached hydrogens (primary N) is 1. The Balaban J connectivity index is 1.86. The molecule has 0 aliphatic heterocycles. The lowest BCUT2D eigenvalue weighted by molar-refractivity contribution is 0.0939. The van der Waals surface area contributed by atoms with E-state index in [9.17, 15) is 4.79 Å². The Labute approximate surface area is 133 Å².